The molecule has 4 aromatic rings. The summed E-state index contributed by atoms with van der Waals surface area (Å²) in [7, 11) is 0. The van der Waals surface area contributed by atoms with Gasteiger partial charge in [0.25, 0.3) is 5.95 Å². The SMILES string of the molecule is Fc1ccccc1/C=N/Nc1nnc2c(n1)[nH]c1ccccc12. The summed E-state index contributed by atoms with van der Waals surface area (Å²) >= 11 is 0. The van der Waals surface area contributed by atoms with E-state index < -0.39 is 0 Å². The van der Waals surface area contributed by atoms with E-state index in [1.807, 2.05) is 24.3 Å². The van der Waals surface area contributed by atoms with Crippen LogP contribution < -0.4 is 5.43 Å². The Bertz CT molecular complexity index is 1020. The second-order valence-corrected chi connectivity index (χ2v) is 4.89. The van der Waals surface area contributed by atoms with Crippen LogP contribution in [0.2, 0.25) is 0 Å². The van der Waals surface area contributed by atoms with Crippen LogP contribution in [0, 0.1) is 5.82 Å². The summed E-state index contributed by atoms with van der Waals surface area (Å²) in [5, 5.41) is 13.0. The normalized spacial score (nSPS) is 11.5. The van der Waals surface area contributed by atoms with Crippen molar-refractivity contribution in [3.8, 4) is 0 Å². The van der Waals surface area contributed by atoms with Crippen LogP contribution in [-0.4, -0.2) is 26.4 Å². The number of hydrazone groups is 1. The van der Waals surface area contributed by atoms with Gasteiger partial charge >= 0.3 is 0 Å². The van der Waals surface area contributed by atoms with Crippen molar-refractivity contribution in [2.24, 2.45) is 5.10 Å². The van der Waals surface area contributed by atoms with E-state index in [9.17, 15) is 4.39 Å². The lowest BCUT2D eigenvalue weighted by Crippen LogP contribution is -1.99. The second-order valence-electron chi connectivity index (χ2n) is 4.89. The molecule has 0 radical (unpaired) electrons. The molecule has 0 amide bonds. The average molecular weight is 306 g/mol. The number of nitrogens with one attached hydrogen (secondary N) is 2. The molecule has 0 aliphatic heterocycles. The van der Waals surface area contributed by atoms with Gasteiger partial charge in [-0.3, -0.25) is 0 Å². The number of fused-ring (bicyclic) bond motifs is 3. The van der Waals surface area contributed by atoms with Crippen molar-refractivity contribution >= 4 is 34.2 Å². The number of benzene rings is 2. The highest BCUT2D eigenvalue weighted by molar-refractivity contribution is 6.03. The maximum absolute atomic E-state index is 13.5. The molecule has 7 heteroatoms. The molecule has 2 heterocycles. The van der Waals surface area contributed by atoms with Crippen molar-refractivity contribution in [1.82, 2.24) is 20.2 Å². The molecule has 2 N–H and O–H groups in total. The number of nitrogens with zero attached hydrogens (tertiary/aromatic N) is 4. The zero-order valence-corrected chi connectivity index (χ0v) is 11.9. The van der Waals surface area contributed by atoms with Gasteiger partial charge in [-0.2, -0.15) is 10.1 Å². The topological polar surface area (TPSA) is 78.8 Å². The monoisotopic (exact) mass is 306 g/mol. The van der Waals surface area contributed by atoms with Gasteiger partial charge in [-0.1, -0.05) is 36.4 Å². The Kier molecular flexibility index (Phi) is 3.16. The van der Waals surface area contributed by atoms with Gasteiger partial charge in [-0.15, -0.1) is 10.2 Å². The highest BCUT2D eigenvalue weighted by Gasteiger charge is 2.07. The molecule has 2 aromatic heterocycles. The largest absolute Gasteiger partial charge is 0.338 e. The van der Waals surface area contributed by atoms with Crippen molar-refractivity contribution < 1.29 is 4.39 Å². The zero-order valence-electron chi connectivity index (χ0n) is 11.9. The zero-order chi connectivity index (χ0) is 15.6. The number of aromatic nitrogens is 4. The molecule has 0 spiro atoms. The molecule has 112 valence electrons. The molecule has 0 aliphatic rings. The Labute approximate surface area is 130 Å². The van der Waals surface area contributed by atoms with E-state index in [1.54, 1.807) is 18.2 Å². The Morgan fingerprint density at radius 3 is 2.78 bits per heavy atom. The minimum absolute atomic E-state index is 0.233. The molecule has 0 saturated carbocycles. The van der Waals surface area contributed by atoms with Crippen molar-refractivity contribution in [1.29, 1.82) is 0 Å². The maximum atomic E-state index is 13.5. The molecule has 0 fully saturated rings. The summed E-state index contributed by atoms with van der Waals surface area (Å²) < 4.78 is 13.5. The molecule has 0 unspecified atom stereocenters. The van der Waals surface area contributed by atoms with Gasteiger partial charge in [0, 0.05) is 16.5 Å². The first-order valence-electron chi connectivity index (χ1n) is 6.96. The number of anilines is 1. The number of halogens is 1. The predicted octanol–water partition coefficient (Wildman–Crippen LogP) is 3.09. The Balaban J connectivity index is 1.62. The van der Waals surface area contributed by atoms with Crippen molar-refractivity contribution in [2.45, 2.75) is 0 Å². The van der Waals surface area contributed by atoms with Crippen LogP contribution in [0.15, 0.2) is 53.6 Å². The van der Waals surface area contributed by atoms with E-state index in [4.69, 9.17) is 0 Å². The van der Waals surface area contributed by atoms with E-state index in [0.29, 0.717) is 16.7 Å². The van der Waals surface area contributed by atoms with Crippen LogP contribution in [0.1, 0.15) is 5.56 Å². The minimum Gasteiger partial charge on any atom is -0.338 e. The van der Waals surface area contributed by atoms with Gasteiger partial charge in [0.1, 0.15) is 11.3 Å². The third kappa shape index (κ3) is 2.48. The summed E-state index contributed by atoms with van der Waals surface area (Å²) in [5.41, 5.74) is 5.28. The number of para-hydroxylation sites is 1. The number of H-pyrrole nitrogens is 1. The fourth-order valence-corrected chi connectivity index (χ4v) is 2.31. The van der Waals surface area contributed by atoms with E-state index in [1.165, 1.54) is 12.3 Å². The minimum atomic E-state index is -0.344. The van der Waals surface area contributed by atoms with Gasteiger partial charge in [-0.05, 0) is 12.1 Å². The van der Waals surface area contributed by atoms with Gasteiger partial charge < -0.3 is 4.98 Å². The summed E-state index contributed by atoms with van der Waals surface area (Å²) in [6.45, 7) is 0. The molecule has 6 nitrogen and oxygen atoms in total. The lowest BCUT2D eigenvalue weighted by atomic mass is 10.2. The van der Waals surface area contributed by atoms with Crippen LogP contribution in [0.25, 0.3) is 22.1 Å². The summed E-state index contributed by atoms with van der Waals surface area (Å²) in [4.78, 5) is 7.49. The third-order valence-electron chi connectivity index (χ3n) is 3.40. The Morgan fingerprint density at radius 2 is 1.87 bits per heavy atom. The fraction of sp³-hybridized carbons (Fsp3) is 0. The van der Waals surface area contributed by atoms with Gasteiger partial charge in [0.2, 0.25) is 0 Å². The second kappa shape index (κ2) is 5.45. The van der Waals surface area contributed by atoms with Crippen LogP contribution in [0.5, 0.6) is 0 Å². The van der Waals surface area contributed by atoms with Crippen molar-refractivity contribution in [3.05, 3.63) is 59.9 Å². The lowest BCUT2D eigenvalue weighted by Gasteiger charge is -1.98. The van der Waals surface area contributed by atoms with Gasteiger partial charge in [0.05, 0.1) is 6.21 Å². The standard InChI is InChI=1S/C16H11FN6/c17-12-7-3-1-5-10(12)9-18-22-16-20-15-14(21-23-16)11-6-2-4-8-13(11)19-15/h1-9H,(H2,19,20,22,23)/b18-9+. The highest BCUT2D eigenvalue weighted by atomic mass is 19.1. The van der Waals surface area contributed by atoms with Gasteiger partial charge in [-0.25, -0.2) is 9.82 Å². The lowest BCUT2D eigenvalue weighted by molar-refractivity contribution is 0.626. The molecular weight excluding hydrogens is 295 g/mol. The molecule has 0 atom stereocenters. The van der Waals surface area contributed by atoms with E-state index >= 15 is 0 Å². The molecule has 0 aliphatic carbocycles. The number of hydrogen-bond acceptors (Lipinski definition) is 5. The predicted molar refractivity (Wildman–Crippen MR) is 86.8 cm³/mol. The average Bonchev–Trinajstić information content (AvgIpc) is 2.94. The first-order valence-corrected chi connectivity index (χ1v) is 6.96. The molecule has 4 rings (SSSR count). The van der Waals surface area contributed by atoms with E-state index in [0.717, 1.165) is 10.9 Å². The molecular formula is C16H11FN6. The van der Waals surface area contributed by atoms with Crippen molar-refractivity contribution in [3.63, 3.8) is 0 Å². The quantitative estimate of drug-likeness (QED) is 0.450. The molecule has 0 bridgehead atoms. The molecule has 2 aromatic carbocycles. The molecule has 0 saturated heterocycles. The maximum Gasteiger partial charge on any atom is 0.265 e. The Morgan fingerprint density at radius 1 is 1.04 bits per heavy atom. The summed E-state index contributed by atoms with van der Waals surface area (Å²) in [6.07, 6.45) is 1.37. The van der Waals surface area contributed by atoms with Crippen LogP contribution >= 0.6 is 0 Å². The Hall–Kier alpha value is -3.35. The van der Waals surface area contributed by atoms with Gasteiger partial charge in [0.15, 0.2) is 5.65 Å². The van der Waals surface area contributed by atoms with E-state index in [-0.39, 0.29) is 11.8 Å². The summed E-state index contributed by atoms with van der Waals surface area (Å²) in [5.74, 6) is -0.111. The van der Waals surface area contributed by atoms with Crippen molar-refractivity contribution in [2.75, 3.05) is 5.43 Å². The van der Waals surface area contributed by atoms with Crippen LogP contribution in [0.4, 0.5) is 10.3 Å². The third-order valence-corrected chi connectivity index (χ3v) is 3.40. The highest BCUT2D eigenvalue weighted by Crippen LogP contribution is 2.21. The fourth-order valence-electron chi connectivity index (χ4n) is 2.31. The van der Waals surface area contributed by atoms with Crippen LogP contribution in [-0.2, 0) is 0 Å². The number of rotatable bonds is 3. The summed E-state index contributed by atoms with van der Waals surface area (Å²) in [6, 6.07) is 14.1. The van der Waals surface area contributed by atoms with Crippen LogP contribution in [0.3, 0.4) is 0 Å². The first kappa shape index (κ1) is 13.3. The number of aromatic amines is 1. The number of hydrogen-bond donors (Lipinski definition) is 2. The first-order chi connectivity index (χ1) is 11.3. The smallest absolute Gasteiger partial charge is 0.265 e. The van der Waals surface area contributed by atoms with E-state index in [2.05, 4.69) is 30.7 Å². The molecule has 23 heavy (non-hydrogen) atoms.